The van der Waals surface area contributed by atoms with Crippen molar-refractivity contribution in [2.75, 3.05) is 13.2 Å². The van der Waals surface area contributed by atoms with Gasteiger partial charge >= 0.3 is 12.1 Å². The van der Waals surface area contributed by atoms with Gasteiger partial charge in [0, 0.05) is 11.1 Å². The number of nitrogens with one attached hydrogen (secondary N) is 1. The molecular formula is C14H13F3N4O3. The minimum absolute atomic E-state index is 0.181. The van der Waals surface area contributed by atoms with Crippen molar-refractivity contribution in [3.63, 3.8) is 0 Å². The summed E-state index contributed by atoms with van der Waals surface area (Å²) in [6.45, 7) is 2.39. The average molecular weight is 342 g/mol. The fraction of sp³-hybridized carbons (Fsp3) is 0.286. The zero-order chi connectivity index (χ0) is 17.6. The maximum atomic E-state index is 12.4. The highest BCUT2D eigenvalue weighted by molar-refractivity contribution is 5.95. The lowest BCUT2D eigenvalue weighted by molar-refractivity contribution is -0.159. The van der Waals surface area contributed by atoms with Gasteiger partial charge in [-0.2, -0.15) is 18.2 Å². The third-order valence-electron chi connectivity index (χ3n) is 2.71. The van der Waals surface area contributed by atoms with Gasteiger partial charge in [0.1, 0.15) is 6.61 Å². The number of nitrogens with zero attached hydrogens (tertiary/aromatic N) is 3. The van der Waals surface area contributed by atoms with Crippen LogP contribution in [0.5, 0.6) is 0 Å². The number of carbonyl (C=O) groups excluding carboxylic acids is 1. The molecule has 0 radical (unpaired) electrons. The second-order valence-electron chi connectivity index (χ2n) is 4.41. The number of amides is 1. The molecule has 1 N–H and O–H groups in total. The Hall–Kier alpha value is -2.91. The molecule has 0 fully saturated rings. The molecule has 0 saturated carbocycles. The molecule has 1 aromatic carbocycles. The van der Waals surface area contributed by atoms with E-state index >= 15 is 0 Å². The molecule has 0 saturated heterocycles. The molecule has 128 valence electrons. The Kier molecular flexibility index (Phi) is 5.51. The smallest absolute Gasteiger partial charge is 0.396 e. The van der Waals surface area contributed by atoms with Gasteiger partial charge in [0.05, 0.1) is 12.8 Å². The zero-order valence-corrected chi connectivity index (χ0v) is 12.5. The number of hydrogen-bond acceptors (Lipinski definition) is 6. The van der Waals surface area contributed by atoms with Gasteiger partial charge in [-0.1, -0.05) is 22.4 Å². The molecule has 0 bridgehead atoms. The molecule has 1 aromatic heterocycles. The third kappa shape index (κ3) is 4.54. The molecule has 0 aliphatic rings. The summed E-state index contributed by atoms with van der Waals surface area (Å²) in [4.78, 5) is 19.8. The van der Waals surface area contributed by atoms with Gasteiger partial charge in [-0.3, -0.25) is 4.79 Å². The minimum atomic E-state index is -4.70. The van der Waals surface area contributed by atoms with Gasteiger partial charge in [-0.05, 0) is 19.1 Å². The molecule has 10 heteroatoms. The van der Waals surface area contributed by atoms with Crippen LogP contribution < -0.4 is 5.32 Å². The molecule has 0 atom stereocenters. The summed E-state index contributed by atoms with van der Waals surface area (Å²) < 4.78 is 41.4. The molecule has 0 aliphatic heterocycles. The minimum Gasteiger partial charge on any atom is -0.396 e. The van der Waals surface area contributed by atoms with Gasteiger partial charge in [0.15, 0.2) is 0 Å². The van der Waals surface area contributed by atoms with Gasteiger partial charge in [0.25, 0.3) is 5.91 Å². The van der Waals surface area contributed by atoms with E-state index in [0.29, 0.717) is 17.7 Å². The van der Waals surface area contributed by atoms with Gasteiger partial charge in [-0.15, -0.1) is 0 Å². The number of aromatic nitrogens is 2. The zero-order valence-electron chi connectivity index (χ0n) is 12.5. The van der Waals surface area contributed by atoms with Crippen molar-refractivity contribution in [2.24, 2.45) is 5.16 Å². The number of alkyl halides is 3. The summed E-state index contributed by atoms with van der Waals surface area (Å²) in [6, 6.07) is 5.73. The molecule has 1 amide bonds. The Morgan fingerprint density at radius 3 is 2.67 bits per heavy atom. The highest BCUT2D eigenvalue weighted by Gasteiger charge is 2.38. The van der Waals surface area contributed by atoms with E-state index in [1.807, 2.05) is 0 Å². The van der Waals surface area contributed by atoms with E-state index in [2.05, 4.69) is 25.1 Å². The third-order valence-corrected chi connectivity index (χ3v) is 2.71. The van der Waals surface area contributed by atoms with Gasteiger partial charge in [0.2, 0.25) is 5.82 Å². The van der Waals surface area contributed by atoms with Crippen molar-refractivity contribution < 1.29 is 27.3 Å². The summed E-state index contributed by atoms with van der Waals surface area (Å²) in [5.41, 5.74) is 0.617. The van der Waals surface area contributed by atoms with Crippen LogP contribution in [0.15, 0.2) is 33.9 Å². The molecule has 0 aliphatic carbocycles. The van der Waals surface area contributed by atoms with E-state index < -0.39 is 12.1 Å². The Bertz CT molecular complexity index is 711. The van der Waals surface area contributed by atoms with E-state index in [9.17, 15) is 18.0 Å². The SMILES string of the molecule is CCO/N=C\CNC(=O)c1ccc(-c2noc(C(F)(F)F)n2)cc1. The van der Waals surface area contributed by atoms with Crippen LogP contribution in [-0.4, -0.2) is 35.4 Å². The Morgan fingerprint density at radius 2 is 2.08 bits per heavy atom. The van der Waals surface area contributed by atoms with Crippen molar-refractivity contribution in [3.05, 3.63) is 35.7 Å². The number of hydrogen-bond donors (Lipinski definition) is 1. The monoisotopic (exact) mass is 342 g/mol. The van der Waals surface area contributed by atoms with E-state index in [4.69, 9.17) is 4.84 Å². The lowest BCUT2D eigenvalue weighted by Gasteiger charge is -2.02. The highest BCUT2D eigenvalue weighted by Crippen LogP contribution is 2.29. The lowest BCUT2D eigenvalue weighted by Crippen LogP contribution is -2.25. The van der Waals surface area contributed by atoms with E-state index in [1.165, 1.54) is 30.5 Å². The maximum Gasteiger partial charge on any atom is 0.471 e. The molecule has 1 heterocycles. The second kappa shape index (κ2) is 7.57. The van der Waals surface area contributed by atoms with Crippen LogP contribution in [-0.2, 0) is 11.0 Å². The second-order valence-corrected chi connectivity index (χ2v) is 4.41. The van der Waals surface area contributed by atoms with E-state index in [0.717, 1.165) is 0 Å². The lowest BCUT2D eigenvalue weighted by atomic mass is 10.1. The average Bonchev–Trinajstić information content (AvgIpc) is 3.05. The van der Waals surface area contributed by atoms with Gasteiger partial charge < -0.3 is 14.7 Å². The summed E-state index contributed by atoms with van der Waals surface area (Å²) in [5, 5.41) is 9.41. The number of rotatable bonds is 6. The summed E-state index contributed by atoms with van der Waals surface area (Å²) >= 11 is 0. The van der Waals surface area contributed by atoms with Crippen LogP contribution >= 0.6 is 0 Å². The fourth-order valence-corrected chi connectivity index (χ4v) is 1.63. The topological polar surface area (TPSA) is 89.6 Å². The Labute approximate surface area is 134 Å². The van der Waals surface area contributed by atoms with E-state index in [1.54, 1.807) is 6.92 Å². The number of benzene rings is 1. The standard InChI is InChI=1S/C14H13F3N4O3/c1-2-23-19-8-7-18-12(22)10-5-3-9(4-6-10)11-20-13(24-21-11)14(15,16)17/h3-6,8H,2,7H2,1H3,(H,18,22)/b19-8-. The Morgan fingerprint density at radius 1 is 1.38 bits per heavy atom. The highest BCUT2D eigenvalue weighted by atomic mass is 19.4. The maximum absolute atomic E-state index is 12.4. The van der Waals surface area contributed by atoms with Crippen molar-refractivity contribution >= 4 is 12.1 Å². The van der Waals surface area contributed by atoms with Crippen LogP contribution in [0.3, 0.4) is 0 Å². The molecule has 7 nitrogen and oxygen atoms in total. The number of carbonyl (C=O) groups is 1. The van der Waals surface area contributed by atoms with E-state index in [-0.39, 0.29) is 18.3 Å². The fourth-order valence-electron chi connectivity index (χ4n) is 1.63. The first-order chi connectivity index (χ1) is 11.4. The van der Waals surface area contributed by atoms with Crippen molar-refractivity contribution in [2.45, 2.75) is 13.1 Å². The summed E-state index contributed by atoms with van der Waals surface area (Å²) in [6.07, 6.45) is -3.30. The molecule has 24 heavy (non-hydrogen) atoms. The number of halogens is 3. The van der Waals surface area contributed by atoms with Crippen molar-refractivity contribution in [1.29, 1.82) is 0 Å². The molecular weight excluding hydrogens is 329 g/mol. The first kappa shape index (κ1) is 17.4. The summed E-state index contributed by atoms with van der Waals surface area (Å²) in [5.74, 6) is -2.00. The van der Waals surface area contributed by atoms with Gasteiger partial charge in [-0.25, -0.2) is 0 Å². The van der Waals surface area contributed by atoms with Crippen LogP contribution in [0.4, 0.5) is 13.2 Å². The molecule has 2 aromatic rings. The molecule has 0 spiro atoms. The van der Waals surface area contributed by atoms with Crippen LogP contribution in [0, 0.1) is 0 Å². The predicted molar refractivity (Wildman–Crippen MR) is 77.2 cm³/mol. The van der Waals surface area contributed by atoms with Crippen LogP contribution in [0.1, 0.15) is 23.2 Å². The van der Waals surface area contributed by atoms with Crippen molar-refractivity contribution in [1.82, 2.24) is 15.5 Å². The Balaban J connectivity index is 2.00. The largest absolute Gasteiger partial charge is 0.471 e. The van der Waals surface area contributed by atoms with Crippen LogP contribution in [0.25, 0.3) is 11.4 Å². The molecule has 0 unspecified atom stereocenters. The summed E-state index contributed by atoms with van der Waals surface area (Å²) in [7, 11) is 0. The van der Waals surface area contributed by atoms with Crippen molar-refractivity contribution in [3.8, 4) is 11.4 Å². The normalized spacial score (nSPS) is 11.7. The first-order valence-electron chi connectivity index (χ1n) is 6.85. The number of oxime groups is 1. The van der Waals surface area contributed by atoms with Crippen LogP contribution in [0.2, 0.25) is 0 Å². The quantitative estimate of drug-likeness (QED) is 0.643. The first-order valence-corrected chi connectivity index (χ1v) is 6.85. The molecule has 2 rings (SSSR count). The predicted octanol–water partition coefficient (Wildman–Crippen LogP) is 2.51.